The third-order valence-electron chi connectivity index (χ3n) is 2.34. The predicted octanol–water partition coefficient (Wildman–Crippen LogP) is 1.24. The quantitative estimate of drug-likeness (QED) is 0.782. The second-order valence-corrected chi connectivity index (χ2v) is 3.63. The van der Waals surface area contributed by atoms with Gasteiger partial charge in [0.15, 0.2) is 17.9 Å². The summed E-state index contributed by atoms with van der Waals surface area (Å²) < 4.78 is 35.4. The van der Waals surface area contributed by atoms with Gasteiger partial charge in [0, 0.05) is 14.2 Å². The third kappa shape index (κ3) is 4.38. The van der Waals surface area contributed by atoms with E-state index in [9.17, 15) is 13.6 Å². The normalized spacial score (nSPS) is 10.7. The van der Waals surface area contributed by atoms with Crippen molar-refractivity contribution in [3.63, 3.8) is 0 Å². The molecule has 0 atom stereocenters. The van der Waals surface area contributed by atoms with Crippen LogP contribution in [-0.4, -0.2) is 33.0 Å². The highest BCUT2D eigenvalue weighted by Gasteiger charge is 2.10. The molecule has 1 amide bonds. The number of nitrogens with one attached hydrogen (secondary N) is 1. The predicted molar refractivity (Wildman–Crippen MR) is 60.9 cm³/mol. The Bertz CT molecular complexity index is 408. The first kappa shape index (κ1) is 14.5. The van der Waals surface area contributed by atoms with E-state index in [2.05, 4.69) is 5.32 Å². The molecule has 18 heavy (non-hydrogen) atoms. The Kier molecular flexibility index (Phi) is 5.67. The van der Waals surface area contributed by atoms with Crippen molar-refractivity contribution in [2.24, 2.45) is 0 Å². The second kappa shape index (κ2) is 7.03. The Morgan fingerprint density at radius 1 is 1.28 bits per heavy atom. The number of rotatable bonds is 6. The maximum Gasteiger partial charge on any atom is 0.224 e. The highest BCUT2D eigenvalue weighted by molar-refractivity contribution is 5.78. The summed E-state index contributed by atoms with van der Waals surface area (Å²) in [7, 11) is 2.91. The monoisotopic (exact) mass is 259 g/mol. The van der Waals surface area contributed by atoms with Crippen LogP contribution in [0.2, 0.25) is 0 Å². The second-order valence-electron chi connectivity index (χ2n) is 3.63. The van der Waals surface area contributed by atoms with E-state index in [1.54, 1.807) is 0 Å². The zero-order valence-corrected chi connectivity index (χ0v) is 10.2. The van der Waals surface area contributed by atoms with Crippen LogP contribution in [0.5, 0.6) is 0 Å². The first-order chi connectivity index (χ1) is 8.56. The molecule has 0 aromatic heterocycles. The van der Waals surface area contributed by atoms with E-state index >= 15 is 0 Å². The van der Waals surface area contributed by atoms with Crippen LogP contribution in [0.3, 0.4) is 0 Å². The smallest absolute Gasteiger partial charge is 0.224 e. The van der Waals surface area contributed by atoms with Gasteiger partial charge in [0.25, 0.3) is 0 Å². The fourth-order valence-electron chi connectivity index (χ4n) is 1.36. The Balaban J connectivity index is 2.46. The Labute approximate surface area is 104 Å². The van der Waals surface area contributed by atoms with Crippen LogP contribution < -0.4 is 5.32 Å². The molecule has 0 fully saturated rings. The van der Waals surface area contributed by atoms with Gasteiger partial charge >= 0.3 is 0 Å². The molecule has 0 saturated heterocycles. The van der Waals surface area contributed by atoms with Gasteiger partial charge in [-0.1, -0.05) is 6.07 Å². The van der Waals surface area contributed by atoms with Crippen LogP contribution in [0, 0.1) is 11.6 Å². The molecule has 6 heteroatoms. The lowest BCUT2D eigenvalue weighted by Crippen LogP contribution is -2.35. The van der Waals surface area contributed by atoms with Crippen LogP contribution in [-0.2, 0) is 20.7 Å². The number of hydrogen-bond donors (Lipinski definition) is 1. The average Bonchev–Trinajstić information content (AvgIpc) is 2.35. The fraction of sp³-hybridized carbons (Fsp3) is 0.417. The molecule has 1 rings (SSSR count). The lowest BCUT2D eigenvalue weighted by atomic mass is 10.1. The van der Waals surface area contributed by atoms with Crippen molar-refractivity contribution >= 4 is 5.91 Å². The van der Waals surface area contributed by atoms with Crippen molar-refractivity contribution in [2.45, 2.75) is 12.7 Å². The maximum atomic E-state index is 12.9. The molecule has 1 aromatic rings. The Hall–Kier alpha value is -1.53. The van der Waals surface area contributed by atoms with Crippen molar-refractivity contribution in [2.75, 3.05) is 20.8 Å². The van der Waals surface area contributed by atoms with Crippen molar-refractivity contribution < 1.29 is 23.0 Å². The molecule has 0 radical (unpaired) electrons. The number of benzene rings is 1. The molecule has 4 nitrogen and oxygen atoms in total. The lowest BCUT2D eigenvalue weighted by Gasteiger charge is -2.14. The molecule has 1 N–H and O–H groups in total. The van der Waals surface area contributed by atoms with Gasteiger partial charge < -0.3 is 14.8 Å². The molecule has 0 aliphatic heterocycles. The minimum absolute atomic E-state index is 0.0304. The van der Waals surface area contributed by atoms with Gasteiger partial charge in [0.2, 0.25) is 5.91 Å². The molecule has 0 unspecified atom stereocenters. The van der Waals surface area contributed by atoms with Gasteiger partial charge in [-0.05, 0) is 17.7 Å². The highest BCUT2D eigenvalue weighted by Crippen LogP contribution is 2.09. The number of methoxy groups -OCH3 is 2. The lowest BCUT2D eigenvalue weighted by molar-refractivity contribution is -0.126. The third-order valence-corrected chi connectivity index (χ3v) is 2.34. The minimum Gasteiger partial charge on any atom is -0.354 e. The molecular weight excluding hydrogens is 244 g/mol. The highest BCUT2D eigenvalue weighted by atomic mass is 19.2. The van der Waals surface area contributed by atoms with Gasteiger partial charge in [0.1, 0.15) is 0 Å². The largest absolute Gasteiger partial charge is 0.354 e. The fourth-order valence-corrected chi connectivity index (χ4v) is 1.36. The van der Waals surface area contributed by atoms with E-state index in [1.807, 2.05) is 0 Å². The molecule has 0 aliphatic carbocycles. The van der Waals surface area contributed by atoms with Gasteiger partial charge in [0.05, 0.1) is 13.0 Å². The summed E-state index contributed by atoms with van der Waals surface area (Å²) in [6.45, 7) is 0.190. The first-order valence-corrected chi connectivity index (χ1v) is 5.33. The van der Waals surface area contributed by atoms with E-state index in [1.165, 1.54) is 20.3 Å². The van der Waals surface area contributed by atoms with E-state index in [0.29, 0.717) is 5.56 Å². The Morgan fingerprint density at radius 2 is 1.94 bits per heavy atom. The van der Waals surface area contributed by atoms with Crippen LogP contribution in [0.4, 0.5) is 8.78 Å². The van der Waals surface area contributed by atoms with Crippen molar-refractivity contribution in [1.82, 2.24) is 5.32 Å². The van der Waals surface area contributed by atoms with Crippen molar-refractivity contribution in [1.29, 1.82) is 0 Å². The molecular formula is C12H15F2NO3. The SMILES string of the molecule is COC(CNC(=O)Cc1ccc(F)c(F)c1)OC. The summed E-state index contributed by atoms with van der Waals surface area (Å²) in [5.74, 6) is -2.22. The summed E-state index contributed by atoms with van der Waals surface area (Å²) in [5.41, 5.74) is 0.401. The number of ether oxygens (including phenoxy) is 2. The van der Waals surface area contributed by atoms with E-state index < -0.39 is 17.9 Å². The summed E-state index contributed by atoms with van der Waals surface area (Å²) in [6, 6.07) is 3.35. The maximum absolute atomic E-state index is 12.9. The molecule has 0 bridgehead atoms. The number of hydrogen-bond acceptors (Lipinski definition) is 3. The zero-order chi connectivity index (χ0) is 13.5. The molecule has 1 aromatic carbocycles. The van der Waals surface area contributed by atoms with Gasteiger partial charge in [-0.15, -0.1) is 0 Å². The summed E-state index contributed by atoms with van der Waals surface area (Å²) in [6.07, 6.45) is -0.559. The number of carbonyl (C=O) groups is 1. The van der Waals surface area contributed by atoms with Gasteiger partial charge in [-0.25, -0.2) is 8.78 Å². The minimum atomic E-state index is -0.966. The zero-order valence-electron chi connectivity index (χ0n) is 10.2. The Morgan fingerprint density at radius 3 is 2.50 bits per heavy atom. The number of carbonyl (C=O) groups excluding carboxylic acids is 1. The van der Waals surface area contributed by atoms with Crippen LogP contribution >= 0.6 is 0 Å². The van der Waals surface area contributed by atoms with Crippen molar-refractivity contribution in [3.05, 3.63) is 35.4 Å². The van der Waals surface area contributed by atoms with E-state index in [4.69, 9.17) is 9.47 Å². The van der Waals surface area contributed by atoms with Gasteiger partial charge in [-0.3, -0.25) is 4.79 Å². The van der Waals surface area contributed by atoms with E-state index in [0.717, 1.165) is 12.1 Å². The first-order valence-electron chi connectivity index (χ1n) is 5.33. The topological polar surface area (TPSA) is 47.6 Å². The molecule has 100 valence electrons. The molecule has 0 saturated carbocycles. The molecule has 0 aliphatic rings. The average molecular weight is 259 g/mol. The summed E-state index contributed by atoms with van der Waals surface area (Å²) >= 11 is 0. The number of amides is 1. The standard InChI is InChI=1S/C12H15F2NO3/c1-17-12(18-2)7-15-11(16)6-8-3-4-9(13)10(14)5-8/h3-5,12H,6-7H2,1-2H3,(H,15,16). The number of halogens is 2. The molecule has 0 spiro atoms. The van der Waals surface area contributed by atoms with Crippen LogP contribution in [0.15, 0.2) is 18.2 Å². The van der Waals surface area contributed by atoms with Gasteiger partial charge in [-0.2, -0.15) is 0 Å². The summed E-state index contributed by atoms with van der Waals surface area (Å²) in [5, 5.41) is 2.56. The summed E-state index contributed by atoms with van der Waals surface area (Å²) in [4.78, 5) is 11.5. The molecule has 0 heterocycles. The van der Waals surface area contributed by atoms with Crippen LogP contribution in [0.1, 0.15) is 5.56 Å². The van der Waals surface area contributed by atoms with Crippen molar-refractivity contribution in [3.8, 4) is 0 Å². The van der Waals surface area contributed by atoms with Crippen LogP contribution in [0.25, 0.3) is 0 Å². The van der Waals surface area contributed by atoms with E-state index in [-0.39, 0.29) is 18.9 Å².